The molecule has 1 atom stereocenters. The summed E-state index contributed by atoms with van der Waals surface area (Å²) in [7, 11) is 2.20. The zero-order chi connectivity index (χ0) is 12.4. The molecular formula is C14H30N2. The van der Waals surface area contributed by atoms with Gasteiger partial charge in [-0.3, -0.25) is 0 Å². The van der Waals surface area contributed by atoms with Crippen LogP contribution in [0, 0.1) is 0 Å². The van der Waals surface area contributed by atoms with Gasteiger partial charge in [0.25, 0.3) is 0 Å². The summed E-state index contributed by atoms with van der Waals surface area (Å²) < 4.78 is 0. The zero-order valence-electron chi connectivity index (χ0n) is 11.6. The first-order valence-corrected chi connectivity index (χ1v) is 6.62. The van der Waals surface area contributed by atoms with Crippen LogP contribution in [0.1, 0.15) is 46.5 Å². The number of hydrogen-bond acceptors (Lipinski definition) is 2. The van der Waals surface area contributed by atoms with Crippen molar-refractivity contribution in [3.05, 3.63) is 12.7 Å². The van der Waals surface area contributed by atoms with Crippen LogP contribution < -0.4 is 5.32 Å². The summed E-state index contributed by atoms with van der Waals surface area (Å²) in [4.78, 5) is 2.40. The van der Waals surface area contributed by atoms with Gasteiger partial charge < -0.3 is 10.2 Å². The van der Waals surface area contributed by atoms with E-state index in [0.29, 0.717) is 12.1 Å². The van der Waals surface area contributed by atoms with E-state index in [-0.39, 0.29) is 0 Å². The molecular weight excluding hydrogens is 196 g/mol. The van der Waals surface area contributed by atoms with Crippen LogP contribution in [-0.2, 0) is 0 Å². The van der Waals surface area contributed by atoms with Gasteiger partial charge in [-0.1, -0.05) is 6.08 Å². The Morgan fingerprint density at radius 2 is 1.94 bits per heavy atom. The molecule has 1 unspecified atom stereocenters. The molecule has 0 amide bonds. The molecule has 0 aliphatic carbocycles. The molecule has 0 aromatic heterocycles. The fourth-order valence-corrected chi connectivity index (χ4v) is 1.56. The molecule has 0 fully saturated rings. The zero-order valence-corrected chi connectivity index (χ0v) is 11.6. The Kier molecular flexibility index (Phi) is 9.65. The first-order valence-electron chi connectivity index (χ1n) is 6.62. The van der Waals surface area contributed by atoms with Gasteiger partial charge in [-0.25, -0.2) is 0 Å². The van der Waals surface area contributed by atoms with Gasteiger partial charge in [-0.05, 0) is 66.6 Å². The Labute approximate surface area is 102 Å². The van der Waals surface area contributed by atoms with Crippen LogP contribution in [0.15, 0.2) is 12.7 Å². The lowest BCUT2D eigenvalue weighted by molar-refractivity contribution is 0.267. The number of nitrogens with one attached hydrogen (secondary N) is 1. The van der Waals surface area contributed by atoms with Gasteiger partial charge in [0, 0.05) is 12.1 Å². The van der Waals surface area contributed by atoms with E-state index in [2.05, 4.69) is 44.6 Å². The third-order valence-electron chi connectivity index (χ3n) is 3.12. The van der Waals surface area contributed by atoms with Gasteiger partial charge in [0.05, 0.1) is 0 Å². The second kappa shape index (κ2) is 9.86. The number of nitrogens with zero attached hydrogens (tertiary/aromatic N) is 1. The molecule has 0 heterocycles. The Bertz CT molecular complexity index is 166. The predicted octanol–water partition coefficient (Wildman–Crippen LogP) is 3.05. The monoisotopic (exact) mass is 226 g/mol. The molecule has 0 bridgehead atoms. The second-order valence-corrected chi connectivity index (χ2v) is 5.00. The topological polar surface area (TPSA) is 15.3 Å². The number of hydrogen-bond donors (Lipinski definition) is 1. The summed E-state index contributed by atoms with van der Waals surface area (Å²) >= 11 is 0. The maximum atomic E-state index is 3.74. The smallest absolute Gasteiger partial charge is 0.00416 e. The summed E-state index contributed by atoms with van der Waals surface area (Å²) in [5.74, 6) is 0. The van der Waals surface area contributed by atoms with Gasteiger partial charge in [0.1, 0.15) is 0 Å². The van der Waals surface area contributed by atoms with E-state index >= 15 is 0 Å². The third kappa shape index (κ3) is 8.93. The molecule has 2 nitrogen and oxygen atoms in total. The van der Waals surface area contributed by atoms with E-state index in [1.54, 1.807) is 0 Å². The van der Waals surface area contributed by atoms with Crippen molar-refractivity contribution in [1.82, 2.24) is 10.2 Å². The van der Waals surface area contributed by atoms with E-state index in [4.69, 9.17) is 0 Å². The minimum Gasteiger partial charge on any atom is -0.314 e. The molecule has 0 rings (SSSR count). The van der Waals surface area contributed by atoms with Crippen LogP contribution in [0.5, 0.6) is 0 Å². The van der Waals surface area contributed by atoms with Gasteiger partial charge in [0.15, 0.2) is 0 Å². The van der Waals surface area contributed by atoms with Crippen molar-refractivity contribution in [2.45, 2.75) is 58.5 Å². The molecule has 1 N–H and O–H groups in total. The largest absolute Gasteiger partial charge is 0.314 e. The first-order chi connectivity index (χ1) is 7.57. The predicted molar refractivity (Wildman–Crippen MR) is 73.9 cm³/mol. The Morgan fingerprint density at radius 1 is 1.25 bits per heavy atom. The Morgan fingerprint density at radius 3 is 2.50 bits per heavy atom. The fraction of sp³-hybridized carbons (Fsp3) is 0.857. The maximum Gasteiger partial charge on any atom is 0.00416 e. The Balaban J connectivity index is 3.29. The molecule has 16 heavy (non-hydrogen) atoms. The van der Waals surface area contributed by atoms with Gasteiger partial charge in [-0.15, -0.1) is 6.58 Å². The minimum absolute atomic E-state index is 0.626. The van der Waals surface area contributed by atoms with Crippen molar-refractivity contribution >= 4 is 0 Å². The first kappa shape index (κ1) is 15.7. The van der Waals surface area contributed by atoms with Crippen LogP contribution in [0.4, 0.5) is 0 Å². The van der Waals surface area contributed by atoms with Crippen LogP contribution in [0.25, 0.3) is 0 Å². The molecule has 2 heteroatoms. The molecule has 0 aliphatic heterocycles. The van der Waals surface area contributed by atoms with Gasteiger partial charge >= 0.3 is 0 Å². The molecule has 0 radical (unpaired) electrons. The normalized spacial score (nSPS) is 13.4. The van der Waals surface area contributed by atoms with Crippen molar-refractivity contribution in [3.8, 4) is 0 Å². The summed E-state index contributed by atoms with van der Waals surface area (Å²) in [6, 6.07) is 1.29. The van der Waals surface area contributed by atoms with Crippen molar-refractivity contribution in [2.75, 3.05) is 20.1 Å². The van der Waals surface area contributed by atoms with Crippen LogP contribution in [-0.4, -0.2) is 37.1 Å². The fourth-order valence-electron chi connectivity index (χ4n) is 1.56. The van der Waals surface area contributed by atoms with Crippen LogP contribution in [0.2, 0.25) is 0 Å². The van der Waals surface area contributed by atoms with E-state index in [1.807, 2.05) is 6.08 Å². The summed E-state index contributed by atoms with van der Waals surface area (Å²) in [6.07, 6.45) is 6.88. The van der Waals surface area contributed by atoms with Gasteiger partial charge in [-0.2, -0.15) is 0 Å². The van der Waals surface area contributed by atoms with E-state index in [1.165, 1.54) is 25.8 Å². The van der Waals surface area contributed by atoms with Crippen molar-refractivity contribution in [2.24, 2.45) is 0 Å². The molecule has 0 aliphatic rings. The summed E-state index contributed by atoms with van der Waals surface area (Å²) in [5, 5.41) is 3.55. The number of allylic oxidation sites excluding steroid dienone is 1. The van der Waals surface area contributed by atoms with E-state index < -0.39 is 0 Å². The summed E-state index contributed by atoms with van der Waals surface area (Å²) in [6.45, 7) is 12.8. The lowest BCUT2D eigenvalue weighted by Crippen LogP contribution is -2.29. The highest BCUT2D eigenvalue weighted by atomic mass is 15.1. The molecule has 0 saturated carbocycles. The highest BCUT2D eigenvalue weighted by Crippen LogP contribution is 1.99. The molecule has 0 saturated heterocycles. The third-order valence-corrected chi connectivity index (χ3v) is 3.12. The number of rotatable bonds is 10. The summed E-state index contributed by atoms with van der Waals surface area (Å²) in [5.41, 5.74) is 0. The van der Waals surface area contributed by atoms with Crippen LogP contribution in [0.3, 0.4) is 0 Å². The SMILES string of the molecule is C=CCCC(C)NCCCCN(C)C(C)C. The van der Waals surface area contributed by atoms with Crippen molar-refractivity contribution in [1.29, 1.82) is 0 Å². The Hall–Kier alpha value is -0.340. The lowest BCUT2D eigenvalue weighted by atomic mass is 10.1. The average Bonchev–Trinajstić information content (AvgIpc) is 2.25. The molecule has 0 spiro atoms. The highest BCUT2D eigenvalue weighted by Gasteiger charge is 2.02. The minimum atomic E-state index is 0.626. The average molecular weight is 226 g/mol. The lowest BCUT2D eigenvalue weighted by Gasteiger charge is -2.21. The second-order valence-electron chi connectivity index (χ2n) is 5.00. The van der Waals surface area contributed by atoms with Gasteiger partial charge in [0.2, 0.25) is 0 Å². The maximum absolute atomic E-state index is 3.74. The van der Waals surface area contributed by atoms with Crippen molar-refractivity contribution in [3.63, 3.8) is 0 Å². The molecule has 96 valence electrons. The number of unbranched alkanes of at least 4 members (excludes halogenated alkanes) is 1. The molecule has 0 aromatic carbocycles. The highest BCUT2D eigenvalue weighted by molar-refractivity contribution is 4.71. The van der Waals surface area contributed by atoms with E-state index in [9.17, 15) is 0 Å². The molecule has 0 aromatic rings. The van der Waals surface area contributed by atoms with E-state index in [0.717, 1.165) is 13.0 Å². The quantitative estimate of drug-likeness (QED) is 0.455. The van der Waals surface area contributed by atoms with Crippen molar-refractivity contribution < 1.29 is 0 Å². The van der Waals surface area contributed by atoms with Crippen LogP contribution >= 0.6 is 0 Å². The standard InChI is InChI=1S/C14H30N2/c1-6-7-10-14(4)15-11-8-9-12-16(5)13(2)3/h6,13-15H,1,7-12H2,2-5H3.